The first-order valence-corrected chi connectivity index (χ1v) is 9.21. The van der Waals surface area contributed by atoms with Crippen molar-refractivity contribution in [1.82, 2.24) is 4.90 Å². The third kappa shape index (κ3) is 2.54. The highest BCUT2D eigenvalue weighted by Crippen LogP contribution is 2.42. The van der Waals surface area contributed by atoms with Crippen molar-refractivity contribution in [2.75, 3.05) is 13.2 Å². The number of ether oxygens (including phenoxy) is 2. The molecule has 1 amide bonds. The van der Waals surface area contributed by atoms with E-state index in [-0.39, 0.29) is 17.5 Å². The minimum Gasteiger partial charge on any atom is -0.493 e. The number of nitrogens with zero attached hydrogens (tertiary/aromatic N) is 1. The molecule has 4 nitrogen and oxygen atoms in total. The maximum atomic E-state index is 14.2. The Morgan fingerprint density at radius 3 is 2.77 bits per heavy atom. The first-order valence-electron chi connectivity index (χ1n) is 9.21. The van der Waals surface area contributed by atoms with Crippen molar-refractivity contribution >= 4 is 5.91 Å². The summed E-state index contributed by atoms with van der Waals surface area (Å²) >= 11 is 0. The van der Waals surface area contributed by atoms with Crippen LogP contribution >= 0.6 is 0 Å². The van der Waals surface area contributed by atoms with Crippen LogP contribution in [0.3, 0.4) is 0 Å². The molecule has 0 N–H and O–H groups in total. The molecule has 26 heavy (non-hydrogen) atoms. The van der Waals surface area contributed by atoms with Crippen LogP contribution in [0.5, 0.6) is 11.5 Å². The lowest BCUT2D eigenvalue weighted by Crippen LogP contribution is -2.33. The summed E-state index contributed by atoms with van der Waals surface area (Å²) in [5.74, 6) is 1.11. The first-order chi connectivity index (χ1) is 12.7. The minimum absolute atomic E-state index is 0.140. The molecule has 0 atom stereocenters. The average Bonchev–Trinajstić information content (AvgIpc) is 3.18. The van der Waals surface area contributed by atoms with Gasteiger partial charge in [-0.25, -0.2) is 4.39 Å². The predicted molar refractivity (Wildman–Crippen MR) is 94.1 cm³/mol. The molecular weight excluding hydrogens is 333 g/mol. The second kappa shape index (κ2) is 6.01. The monoisotopic (exact) mass is 353 g/mol. The Bertz CT molecular complexity index is 859. The Balaban J connectivity index is 1.53. The SMILES string of the molecule is O=C(c1ccccc1F)N(Cc1c2c(cc3c1OCC3)OCC2)C1CC1. The van der Waals surface area contributed by atoms with E-state index in [1.54, 1.807) is 18.2 Å². The van der Waals surface area contributed by atoms with Gasteiger partial charge >= 0.3 is 0 Å². The zero-order valence-electron chi connectivity index (χ0n) is 14.5. The highest BCUT2D eigenvalue weighted by molar-refractivity contribution is 5.95. The lowest BCUT2D eigenvalue weighted by Gasteiger charge is -2.25. The molecule has 0 radical (unpaired) electrons. The number of fused-ring (bicyclic) bond motifs is 2. The minimum atomic E-state index is -0.466. The van der Waals surface area contributed by atoms with E-state index in [4.69, 9.17) is 9.47 Å². The van der Waals surface area contributed by atoms with Crippen LogP contribution in [-0.2, 0) is 19.4 Å². The number of carbonyl (C=O) groups is 1. The van der Waals surface area contributed by atoms with Crippen LogP contribution in [-0.4, -0.2) is 30.1 Å². The molecule has 0 spiro atoms. The lowest BCUT2D eigenvalue weighted by molar-refractivity contribution is 0.0723. The maximum absolute atomic E-state index is 14.2. The molecule has 134 valence electrons. The van der Waals surface area contributed by atoms with Gasteiger partial charge in [-0.1, -0.05) is 12.1 Å². The van der Waals surface area contributed by atoms with Gasteiger partial charge < -0.3 is 14.4 Å². The first kappa shape index (κ1) is 15.7. The molecule has 5 rings (SSSR count). The maximum Gasteiger partial charge on any atom is 0.257 e. The average molecular weight is 353 g/mol. The second-order valence-corrected chi connectivity index (χ2v) is 7.16. The van der Waals surface area contributed by atoms with Gasteiger partial charge in [-0.3, -0.25) is 4.79 Å². The van der Waals surface area contributed by atoms with Crippen molar-refractivity contribution in [2.45, 2.75) is 38.3 Å². The van der Waals surface area contributed by atoms with Gasteiger partial charge in [-0.05, 0) is 31.0 Å². The van der Waals surface area contributed by atoms with Crippen molar-refractivity contribution in [2.24, 2.45) is 0 Å². The Labute approximate surface area is 151 Å². The van der Waals surface area contributed by atoms with Gasteiger partial charge in [0.15, 0.2) is 0 Å². The van der Waals surface area contributed by atoms with E-state index in [9.17, 15) is 9.18 Å². The molecule has 1 saturated carbocycles. The molecule has 5 heteroatoms. The molecule has 1 fully saturated rings. The van der Waals surface area contributed by atoms with E-state index in [0.29, 0.717) is 19.8 Å². The molecule has 0 unspecified atom stereocenters. The Morgan fingerprint density at radius 1 is 1.15 bits per heavy atom. The highest BCUT2D eigenvalue weighted by Gasteiger charge is 2.36. The van der Waals surface area contributed by atoms with Gasteiger partial charge in [0, 0.05) is 35.6 Å². The highest BCUT2D eigenvalue weighted by atomic mass is 19.1. The fourth-order valence-electron chi connectivity index (χ4n) is 3.96. The summed E-state index contributed by atoms with van der Waals surface area (Å²) in [7, 11) is 0. The third-order valence-electron chi connectivity index (χ3n) is 5.44. The molecule has 2 aromatic rings. The van der Waals surface area contributed by atoms with Gasteiger partial charge in [0.25, 0.3) is 5.91 Å². The zero-order valence-corrected chi connectivity index (χ0v) is 14.5. The molecule has 2 aliphatic heterocycles. The van der Waals surface area contributed by atoms with Crippen molar-refractivity contribution in [1.29, 1.82) is 0 Å². The fraction of sp³-hybridized carbons (Fsp3) is 0.381. The van der Waals surface area contributed by atoms with Crippen molar-refractivity contribution in [3.05, 3.63) is 58.4 Å². The quantitative estimate of drug-likeness (QED) is 0.844. The molecule has 0 saturated heterocycles. The summed E-state index contributed by atoms with van der Waals surface area (Å²) in [6.45, 7) is 1.78. The van der Waals surface area contributed by atoms with Crippen molar-refractivity contribution in [3.63, 3.8) is 0 Å². The van der Waals surface area contributed by atoms with E-state index in [2.05, 4.69) is 6.07 Å². The van der Waals surface area contributed by atoms with Gasteiger partial charge in [-0.2, -0.15) is 0 Å². The lowest BCUT2D eigenvalue weighted by atomic mass is 9.98. The number of halogens is 1. The molecule has 1 aliphatic carbocycles. The van der Waals surface area contributed by atoms with Gasteiger partial charge in [-0.15, -0.1) is 0 Å². The Morgan fingerprint density at radius 2 is 1.96 bits per heavy atom. The topological polar surface area (TPSA) is 38.8 Å². The van der Waals surface area contributed by atoms with E-state index < -0.39 is 5.82 Å². The normalized spacial score (nSPS) is 17.3. The second-order valence-electron chi connectivity index (χ2n) is 7.16. The Hall–Kier alpha value is -2.56. The van der Waals surface area contributed by atoms with Crippen LogP contribution in [0.15, 0.2) is 30.3 Å². The van der Waals surface area contributed by atoms with Crippen molar-refractivity contribution in [3.8, 4) is 11.5 Å². The van der Waals surface area contributed by atoms with Crippen LogP contribution in [0.25, 0.3) is 0 Å². The number of benzene rings is 2. The molecule has 0 bridgehead atoms. The summed E-state index contributed by atoms with van der Waals surface area (Å²) in [5, 5.41) is 0. The van der Waals surface area contributed by atoms with Crippen LogP contribution < -0.4 is 9.47 Å². The summed E-state index contributed by atoms with van der Waals surface area (Å²) in [4.78, 5) is 14.9. The van der Waals surface area contributed by atoms with E-state index >= 15 is 0 Å². The number of carbonyl (C=O) groups excluding carboxylic acids is 1. The summed E-state index contributed by atoms with van der Waals surface area (Å²) in [6, 6.07) is 8.47. The molecule has 0 aromatic heterocycles. The standard InChI is InChI=1S/C21H20FNO3/c22-18-4-2-1-3-16(18)21(24)23(14-5-6-14)12-17-15-8-10-25-19(15)11-13-7-9-26-20(13)17/h1-4,11,14H,5-10,12H2. The molecule has 2 heterocycles. The van der Waals surface area contributed by atoms with E-state index in [1.165, 1.54) is 6.07 Å². The summed E-state index contributed by atoms with van der Waals surface area (Å²) in [5.41, 5.74) is 3.47. The number of hydrogen-bond acceptors (Lipinski definition) is 3. The van der Waals surface area contributed by atoms with Crippen molar-refractivity contribution < 1.29 is 18.7 Å². The molecule has 2 aromatic carbocycles. The molecular formula is C21H20FNO3. The predicted octanol–water partition coefficient (Wildman–Crippen LogP) is 3.50. The van der Waals surface area contributed by atoms with Gasteiger partial charge in [0.1, 0.15) is 17.3 Å². The van der Waals surface area contributed by atoms with Crippen LogP contribution in [0.2, 0.25) is 0 Å². The van der Waals surface area contributed by atoms with Crippen LogP contribution in [0, 0.1) is 5.82 Å². The summed E-state index contributed by atoms with van der Waals surface area (Å²) in [6.07, 6.45) is 3.63. The fourth-order valence-corrected chi connectivity index (χ4v) is 3.96. The Kier molecular flexibility index (Phi) is 3.62. The third-order valence-corrected chi connectivity index (χ3v) is 5.44. The van der Waals surface area contributed by atoms with Crippen LogP contribution in [0.1, 0.15) is 39.9 Å². The number of amides is 1. The molecule has 3 aliphatic rings. The largest absolute Gasteiger partial charge is 0.493 e. The van der Waals surface area contributed by atoms with Gasteiger partial charge in [0.05, 0.1) is 25.3 Å². The van der Waals surface area contributed by atoms with Crippen LogP contribution in [0.4, 0.5) is 4.39 Å². The zero-order chi connectivity index (χ0) is 17.7. The van der Waals surface area contributed by atoms with E-state index in [0.717, 1.165) is 53.9 Å². The van der Waals surface area contributed by atoms with Gasteiger partial charge in [0.2, 0.25) is 0 Å². The number of rotatable bonds is 4. The smallest absolute Gasteiger partial charge is 0.257 e. The van der Waals surface area contributed by atoms with E-state index in [1.807, 2.05) is 4.90 Å². The summed E-state index contributed by atoms with van der Waals surface area (Å²) < 4.78 is 25.8. The number of hydrogen-bond donors (Lipinski definition) is 0.